The maximum Gasteiger partial charge on any atom is 0.312 e. The van der Waals surface area contributed by atoms with E-state index < -0.39 is 0 Å². The van der Waals surface area contributed by atoms with E-state index in [1.165, 1.54) is 4.90 Å². The Morgan fingerprint density at radius 1 is 1.27 bits per heavy atom. The SMILES string of the molecule is CCSCCCN1CCN(C)C(=O)C1=O. The van der Waals surface area contributed by atoms with E-state index in [2.05, 4.69) is 6.92 Å². The zero-order valence-corrected chi connectivity index (χ0v) is 10.2. The van der Waals surface area contributed by atoms with E-state index in [1.807, 2.05) is 11.8 Å². The average Bonchev–Trinajstić information content (AvgIpc) is 2.24. The second kappa shape index (κ2) is 6.00. The molecular formula is C10H18N2O2S. The summed E-state index contributed by atoms with van der Waals surface area (Å²) >= 11 is 1.87. The van der Waals surface area contributed by atoms with Gasteiger partial charge in [0.15, 0.2) is 0 Å². The van der Waals surface area contributed by atoms with Gasteiger partial charge in [-0.1, -0.05) is 6.92 Å². The fourth-order valence-electron chi connectivity index (χ4n) is 1.49. The standard InChI is InChI=1S/C10H18N2O2S/c1-3-15-8-4-5-12-7-6-11(2)9(13)10(12)14/h3-8H2,1-2H3. The smallest absolute Gasteiger partial charge is 0.312 e. The quantitative estimate of drug-likeness (QED) is 0.508. The highest BCUT2D eigenvalue weighted by Crippen LogP contribution is 2.06. The Bertz CT molecular complexity index is 246. The highest BCUT2D eigenvalue weighted by Gasteiger charge is 2.29. The number of rotatable bonds is 5. The third-order valence-electron chi connectivity index (χ3n) is 2.44. The van der Waals surface area contributed by atoms with Gasteiger partial charge in [0.2, 0.25) is 0 Å². The summed E-state index contributed by atoms with van der Waals surface area (Å²) in [6.45, 7) is 4.17. The molecule has 5 heteroatoms. The summed E-state index contributed by atoms with van der Waals surface area (Å²) in [6.07, 6.45) is 0.973. The third-order valence-corrected chi connectivity index (χ3v) is 3.43. The monoisotopic (exact) mass is 230 g/mol. The Balaban J connectivity index is 2.30. The molecule has 0 N–H and O–H groups in total. The number of hydrogen-bond donors (Lipinski definition) is 0. The molecule has 0 radical (unpaired) electrons. The van der Waals surface area contributed by atoms with Crippen LogP contribution in [0.3, 0.4) is 0 Å². The molecule has 1 saturated heterocycles. The predicted molar refractivity (Wildman–Crippen MR) is 61.8 cm³/mol. The first-order valence-electron chi connectivity index (χ1n) is 5.29. The van der Waals surface area contributed by atoms with Gasteiger partial charge in [-0.15, -0.1) is 0 Å². The minimum Gasteiger partial charge on any atom is -0.336 e. The number of nitrogens with zero attached hydrogens (tertiary/aromatic N) is 2. The van der Waals surface area contributed by atoms with Crippen molar-refractivity contribution in [3.05, 3.63) is 0 Å². The lowest BCUT2D eigenvalue weighted by Gasteiger charge is -2.31. The summed E-state index contributed by atoms with van der Waals surface area (Å²) in [5, 5.41) is 0. The Labute approximate surface area is 95.0 Å². The molecule has 0 saturated carbocycles. The van der Waals surface area contributed by atoms with E-state index in [0.717, 1.165) is 17.9 Å². The largest absolute Gasteiger partial charge is 0.336 e. The van der Waals surface area contributed by atoms with E-state index in [1.54, 1.807) is 11.9 Å². The Morgan fingerprint density at radius 2 is 2.00 bits per heavy atom. The lowest BCUT2D eigenvalue weighted by Crippen LogP contribution is -2.52. The van der Waals surface area contributed by atoms with Gasteiger partial charge in [0.05, 0.1) is 0 Å². The third kappa shape index (κ3) is 3.41. The molecule has 1 fully saturated rings. The topological polar surface area (TPSA) is 40.6 Å². The first-order chi connectivity index (χ1) is 7.16. The first-order valence-corrected chi connectivity index (χ1v) is 6.44. The highest BCUT2D eigenvalue weighted by atomic mass is 32.2. The summed E-state index contributed by atoms with van der Waals surface area (Å²) < 4.78 is 0. The molecule has 4 nitrogen and oxygen atoms in total. The summed E-state index contributed by atoms with van der Waals surface area (Å²) in [5.74, 6) is 1.45. The van der Waals surface area contributed by atoms with Gasteiger partial charge in [0, 0.05) is 26.7 Å². The molecule has 0 aromatic heterocycles. The van der Waals surface area contributed by atoms with Gasteiger partial charge in [-0.2, -0.15) is 11.8 Å². The predicted octanol–water partition coefficient (Wildman–Crippen LogP) is 0.430. The maximum absolute atomic E-state index is 11.5. The van der Waals surface area contributed by atoms with E-state index in [-0.39, 0.29) is 11.8 Å². The molecule has 0 aromatic carbocycles. The molecular weight excluding hydrogens is 212 g/mol. The molecule has 0 unspecified atom stereocenters. The van der Waals surface area contributed by atoms with Crippen molar-refractivity contribution in [2.75, 3.05) is 38.2 Å². The van der Waals surface area contributed by atoms with Gasteiger partial charge in [-0.3, -0.25) is 9.59 Å². The van der Waals surface area contributed by atoms with Crippen molar-refractivity contribution in [2.45, 2.75) is 13.3 Å². The van der Waals surface area contributed by atoms with E-state index in [0.29, 0.717) is 19.6 Å². The maximum atomic E-state index is 11.5. The fourth-order valence-corrected chi connectivity index (χ4v) is 2.11. The minimum absolute atomic E-state index is 0.342. The molecule has 1 aliphatic rings. The normalized spacial score (nSPS) is 17.5. The Kier molecular flexibility index (Phi) is 4.94. The van der Waals surface area contributed by atoms with Crippen LogP contribution in [-0.4, -0.2) is 59.8 Å². The summed E-state index contributed by atoms with van der Waals surface area (Å²) in [7, 11) is 1.67. The van der Waals surface area contributed by atoms with Gasteiger partial charge in [-0.25, -0.2) is 0 Å². The minimum atomic E-state index is -0.371. The van der Waals surface area contributed by atoms with Crippen LogP contribution >= 0.6 is 11.8 Å². The fraction of sp³-hybridized carbons (Fsp3) is 0.800. The second-order valence-electron chi connectivity index (χ2n) is 3.57. The van der Waals surface area contributed by atoms with Gasteiger partial charge in [0.1, 0.15) is 0 Å². The molecule has 0 aliphatic carbocycles. The summed E-state index contributed by atoms with van der Waals surface area (Å²) in [4.78, 5) is 26.0. The molecule has 86 valence electrons. The van der Waals surface area contributed by atoms with Crippen molar-refractivity contribution in [2.24, 2.45) is 0 Å². The van der Waals surface area contributed by atoms with Gasteiger partial charge < -0.3 is 9.80 Å². The molecule has 0 spiro atoms. The molecule has 0 bridgehead atoms. The zero-order valence-electron chi connectivity index (χ0n) is 9.36. The van der Waals surface area contributed by atoms with E-state index >= 15 is 0 Å². The van der Waals surface area contributed by atoms with Crippen molar-refractivity contribution in [3.8, 4) is 0 Å². The van der Waals surface area contributed by atoms with Crippen molar-refractivity contribution in [1.82, 2.24) is 9.80 Å². The lowest BCUT2D eigenvalue weighted by molar-refractivity contribution is -0.154. The molecule has 15 heavy (non-hydrogen) atoms. The number of carbonyl (C=O) groups excluding carboxylic acids is 2. The number of piperazine rings is 1. The number of likely N-dealkylation sites (N-methyl/N-ethyl adjacent to an activating group) is 1. The van der Waals surface area contributed by atoms with Crippen LogP contribution in [-0.2, 0) is 9.59 Å². The number of thioether (sulfide) groups is 1. The molecule has 1 heterocycles. The van der Waals surface area contributed by atoms with Gasteiger partial charge in [0.25, 0.3) is 0 Å². The van der Waals surface area contributed by atoms with Gasteiger partial charge >= 0.3 is 11.8 Å². The molecule has 0 atom stereocenters. The van der Waals surface area contributed by atoms with Crippen LogP contribution in [0.2, 0.25) is 0 Å². The average molecular weight is 230 g/mol. The van der Waals surface area contributed by atoms with Crippen LogP contribution in [0.15, 0.2) is 0 Å². The molecule has 1 rings (SSSR count). The zero-order chi connectivity index (χ0) is 11.3. The van der Waals surface area contributed by atoms with E-state index in [9.17, 15) is 9.59 Å². The van der Waals surface area contributed by atoms with Crippen LogP contribution < -0.4 is 0 Å². The summed E-state index contributed by atoms with van der Waals surface area (Å²) in [5.41, 5.74) is 0. The number of carbonyl (C=O) groups is 2. The highest BCUT2D eigenvalue weighted by molar-refractivity contribution is 7.99. The lowest BCUT2D eigenvalue weighted by atomic mass is 10.3. The van der Waals surface area contributed by atoms with Crippen molar-refractivity contribution < 1.29 is 9.59 Å². The van der Waals surface area contributed by atoms with Crippen LogP contribution in [0, 0.1) is 0 Å². The Morgan fingerprint density at radius 3 is 2.67 bits per heavy atom. The van der Waals surface area contributed by atoms with Crippen LogP contribution in [0.1, 0.15) is 13.3 Å². The van der Waals surface area contributed by atoms with Crippen LogP contribution in [0.5, 0.6) is 0 Å². The second-order valence-corrected chi connectivity index (χ2v) is 4.96. The number of amides is 2. The number of hydrogen-bond acceptors (Lipinski definition) is 3. The van der Waals surface area contributed by atoms with E-state index in [4.69, 9.17) is 0 Å². The van der Waals surface area contributed by atoms with Crippen molar-refractivity contribution in [3.63, 3.8) is 0 Å². The molecule has 0 aromatic rings. The summed E-state index contributed by atoms with van der Waals surface area (Å²) in [6, 6.07) is 0. The van der Waals surface area contributed by atoms with Crippen molar-refractivity contribution in [1.29, 1.82) is 0 Å². The van der Waals surface area contributed by atoms with Crippen LogP contribution in [0.25, 0.3) is 0 Å². The Hall–Kier alpha value is -0.710. The van der Waals surface area contributed by atoms with Crippen LogP contribution in [0.4, 0.5) is 0 Å². The molecule has 2 amide bonds. The first kappa shape index (κ1) is 12.4. The van der Waals surface area contributed by atoms with Gasteiger partial charge in [-0.05, 0) is 17.9 Å². The van der Waals surface area contributed by atoms with Crippen molar-refractivity contribution >= 4 is 23.6 Å². The molecule has 1 aliphatic heterocycles.